The van der Waals surface area contributed by atoms with Gasteiger partial charge in [-0.1, -0.05) is 17.3 Å². The molecule has 158 valence electrons. The van der Waals surface area contributed by atoms with Crippen LogP contribution < -0.4 is 14.8 Å². The summed E-state index contributed by atoms with van der Waals surface area (Å²) < 4.78 is 42.6. The number of carbonyl (C=O) groups excluding carboxylic acids is 1. The summed E-state index contributed by atoms with van der Waals surface area (Å²) in [5.41, 5.74) is 0.723. The van der Waals surface area contributed by atoms with E-state index in [0.717, 1.165) is 12.1 Å². The predicted molar refractivity (Wildman–Crippen MR) is 110 cm³/mol. The number of nitrogens with zero attached hydrogens (tertiary/aromatic N) is 2. The van der Waals surface area contributed by atoms with E-state index in [9.17, 15) is 13.6 Å². The number of carbonyl (C=O) groups is 1. The van der Waals surface area contributed by atoms with E-state index in [-0.39, 0.29) is 23.9 Å². The molecular weight excluding hydrogens is 428 g/mol. The summed E-state index contributed by atoms with van der Waals surface area (Å²) in [4.78, 5) is 17.1. The third-order valence-electron chi connectivity index (χ3n) is 4.17. The zero-order valence-electron chi connectivity index (χ0n) is 16.1. The third-order valence-corrected chi connectivity index (χ3v) is 5.07. The van der Waals surface area contributed by atoms with E-state index in [4.69, 9.17) is 14.0 Å². The molecule has 0 aliphatic heterocycles. The molecule has 0 unspecified atom stereocenters. The van der Waals surface area contributed by atoms with E-state index in [0.29, 0.717) is 22.1 Å². The zero-order valence-corrected chi connectivity index (χ0v) is 16.9. The maximum atomic E-state index is 13.5. The molecule has 1 N–H and O–H groups in total. The molecule has 0 saturated heterocycles. The van der Waals surface area contributed by atoms with Crippen LogP contribution in [-0.4, -0.2) is 29.8 Å². The number of hydrogen-bond acceptors (Lipinski definition) is 7. The van der Waals surface area contributed by atoms with E-state index in [1.54, 1.807) is 35.7 Å². The molecule has 0 fully saturated rings. The van der Waals surface area contributed by atoms with Crippen LogP contribution in [0.2, 0.25) is 0 Å². The Hall–Kier alpha value is -3.79. The molecule has 31 heavy (non-hydrogen) atoms. The highest BCUT2D eigenvalue weighted by molar-refractivity contribution is 7.14. The molecule has 1 amide bonds. The van der Waals surface area contributed by atoms with Gasteiger partial charge in [0.1, 0.15) is 4.88 Å². The fourth-order valence-corrected chi connectivity index (χ4v) is 3.48. The Morgan fingerprint density at radius 2 is 1.94 bits per heavy atom. The van der Waals surface area contributed by atoms with Gasteiger partial charge in [-0.15, -0.1) is 11.3 Å². The highest BCUT2D eigenvalue weighted by Gasteiger charge is 2.18. The summed E-state index contributed by atoms with van der Waals surface area (Å²) in [5.74, 6) is -1.18. The number of halogens is 2. The van der Waals surface area contributed by atoms with Gasteiger partial charge in [-0.05, 0) is 41.8 Å². The van der Waals surface area contributed by atoms with Crippen LogP contribution in [0.25, 0.3) is 22.2 Å². The molecule has 2 aromatic carbocycles. The lowest BCUT2D eigenvalue weighted by molar-refractivity contribution is -0.118. The molecule has 4 aromatic rings. The van der Waals surface area contributed by atoms with Crippen molar-refractivity contribution in [2.75, 3.05) is 19.0 Å². The summed E-state index contributed by atoms with van der Waals surface area (Å²) in [6, 6.07) is 12.0. The molecule has 0 saturated carbocycles. The van der Waals surface area contributed by atoms with E-state index in [1.165, 1.54) is 24.5 Å². The van der Waals surface area contributed by atoms with Crippen LogP contribution >= 0.6 is 11.3 Å². The third kappa shape index (κ3) is 4.53. The Bertz CT molecular complexity index is 1220. The van der Waals surface area contributed by atoms with Gasteiger partial charge in [0.05, 0.1) is 12.8 Å². The van der Waals surface area contributed by atoms with Crippen LogP contribution in [0.1, 0.15) is 0 Å². The van der Waals surface area contributed by atoms with Gasteiger partial charge in [-0.3, -0.25) is 4.79 Å². The normalized spacial score (nSPS) is 10.7. The number of nitrogens with one attached hydrogen (secondary N) is 1. The average molecular weight is 443 g/mol. The van der Waals surface area contributed by atoms with Crippen molar-refractivity contribution < 1.29 is 27.6 Å². The minimum atomic E-state index is -1.01. The summed E-state index contributed by atoms with van der Waals surface area (Å²) >= 11 is 1.27. The first kappa shape index (κ1) is 20.5. The maximum absolute atomic E-state index is 13.5. The van der Waals surface area contributed by atoms with Crippen molar-refractivity contribution in [1.29, 1.82) is 0 Å². The number of benzene rings is 2. The standard InChI is InChI=1S/C21H15F2N3O4S/c1-28-16-4-2-3-5-17(16)29-11-18(27)24-15-8-9-31-19(15)21-25-20(26-30-21)12-6-7-13(22)14(23)10-12/h2-10H,11H2,1H3,(H,24,27). The molecular formula is C21H15F2N3O4S. The van der Waals surface area contributed by atoms with E-state index < -0.39 is 17.5 Å². The van der Waals surface area contributed by atoms with E-state index in [2.05, 4.69) is 15.5 Å². The Balaban J connectivity index is 1.46. The van der Waals surface area contributed by atoms with Gasteiger partial charge in [0.15, 0.2) is 29.7 Å². The van der Waals surface area contributed by atoms with E-state index >= 15 is 0 Å². The summed E-state index contributed by atoms with van der Waals surface area (Å²) in [5, 5.41) is 8.28. The van der Waals surface area contributed by atoms with Gasteiger partial charge >= 0.3 is 0 Å². The quantitative estimate of drug-likeness (QED) is 0.443. The molecule has 0 atom stereocenters. The van der Waals surface area contributed by atoms with E-state index in [1.807, 2.05) is 0 Å². The number of hydrogen-bond donors (Lipinski definition) is 1. The van der Waals surface area contributed by atoms with Crippen molar-refractivity contribution in [3.63, 3.8) is 0 Å². The molecule has 0 bridgehead atoms. The molecule has 2 aromatic heterocycles. The number of methoxy groups -OCH3 is 1. The smallest absolute Gasteiger partial charge is 0.270 e. The number of anilines is 1. The second kappa shape index (κ2) is 8.92. The highest BCUT2D eigenvalue weighted by Crippen LogP contribution is 2.34. The largest absolute Gasteiger partial charge is 0.493 e. The number of aromatic nitrogens is 2. The Morgan fingerprint density at radius 1 is 1.13 bits per heavy atom. The SMILES string of the molecule is COc1ccccc1OCC(=O)Nc1ccsc1-c1nc(-c2ccc(F)c(F)c2)no1. The molecule has 0 spiro atoms. The minimum Gasteiger partial charge on any atom is -0.493 e. The van der Waals surface area contributed by atoms with Crippen molar-refractivity contribution in [1.82, 2.24) is 10.1 Å². The topological polar surface area (TPSA) is 86.5 Å². The number of amides is 1. The lowest BCUT2D eigenvalue weighted by Gasteiger charge is -2.10. The van der Waals surface area contributed by atoms with Crippen LogP contribution in [0.15, 0.2) is 58.4 Å². The predicted octanol–water partition coefficient (Wildman–Crippen LogP) is 4.77. The second-order valence-corrected chi connectivity index (χ2v) is 7.12. The lowest BCUT2D eigenvalue weighted by atomic mass is 10.2. The number of rotatable bonds is 7. The summed E-state index contributed by atoms with van der Waals surface area (Å²) in [6.45, 7) is -0.237. The van der Waals surface area contributed by atoms with Crippen LogP contribution in [0.5, 0.6) is 11.5 Å². The molecule has 0 aliphatic carbocycles. The van der Waals surface area contributed by atoms with Crippen LogP contribution in [0.4, 0.5) is 14.5 Å². The van der Waals surface area contributed by atoms with Crippen LogP contribution in [-0.2, 0) is 4.79 Å². The van der Waals surface area contributed by atoms with Crippen molar-refractivity contribution in [3.05, 3.63) is 65.5 Å². The monoisotopic (exact) mass is 443 g/mol. The first-order valence-corrected chi connectivity index (χ1v) is 9.86. The number of thiophene rings is 1. The van der Waals surface area contributed by atoms with Crippen molar-refractivity contribution in [2.45, 2.75) is 0 Å². The lowest BCUT2D eigenvalue weighted by Crippen LogP contribution is -2.20. The fourth-order valence-electron chi connectivity index (χ4n) is 2.71. The molecule has 4 rings (SSSR count). The molecule has 10 heteroatoms. The Kier molecular flexibility index (Phi) is 5.89. The van der Waals surface area contributed by atoms with Gasteiger partial charge in [0, 0.05) is 5.56 Å². The molecule has 2 heterocycles. The van der Waals surface area contributed by atoms with Gasteiger partial charge in [-0.2, -0.15) is 4.98 Å². The summed E-state index contributed by atoms with van der Waals surface area (Å²) in [6.07, 6.45) is 0. The Morgan fingerprint density at radius 3 is 2.71 bits per heavy atom. The maximum Gasteiger partial charge on any atom is 0.270 e. The Labute approximate surface area is 179 Å². The summed E-state index contributed by atoms with van der Waals surface area (Å²) in [7, 11) is 1.51. The molecule has 0 aliphatic rings. The molecule has 0 radical (unpaired) electrons. The number of ether oxygens (including phenoxy) is 2. The first-order valence-electron chi connectivity index (χ1n) is 8.98. The minimum absolute atomic E-state index is 0.0964. The van der Waals surface area contributed by atoms with Gasteiger partial charge in [0.25, 0.3) is 11.8 Å². The molecule has 7 nitrogen and oxygen atoms in total. The second-order valence-electron chi connectivity index (χ2n) is 6.20. The van der Waals surface area contributed by atoms with Gasteiger partial charge < -0.3 is 19.3 Å². The van der Waals surface area contributed by atoms with Crippen LogP contribution in [0.3, 0.4) is 0 Å². The van der Waals surface area contributed by atoms with Gasteiger partial charge in [-0.25, -0.2) is 8.78 Å². The highest BCUT2D eigenvalue weighted by atomic mass is 32.1. The zero-order chi connectivity index (χ0) is 21.8. The van der Waals surface area contributed by atoms with Crippen molar-refractivity contribution in [3.8, 4) is 33.7 Å². The average Bonchev–Trinajstić information content (AvgIpc) is 3.44. The van der Waals surface area contributed by atoms with Crippen molar-refractivity contribution in [2.24, 2.45) is 0 Å². The number of para-hydroxylation sites is 2. The van der Waals surface area contributed by atoms with Crippen LogP contribution in [0, 0.1) is 11.6 Å². The fraction of sp³-hybridized carbons (Fsp3) is 0.0952. The first-order chi connectivity index (χ1) is 15.0. The van der Waals surface area contributed by atoms with Gasteiger partial charge in [0.2, 0.25) is 5.82 Å². The van der Waals surface area contributed by atoms with Crippen molar-refractivity contribution >= 4 is 22.9 Å².